The van der Waals surface area contributed by atoms with Gasteiger partial charge in [0.15, 0.2) is 12.0 Å². The maximum atomic E-state index is 13.1. The molecule has 3 heterocycles. The molecule has 0 bridgehead atoms. The average molecular weight is 505 g/mol. The summed E-state index contributed by atoms with van der Waals surface area (Å²) in [6, 6.07) is 6.73. The zero-order chi connectivity index (χ0) is 25.0. The van der Waals surface area contributed by atoms with E-state index in [4.69, 9.17) is 4.52 Å². The Hall–Kier alpha value is -4.04. The van der Waals surface area contributed by atoms with E-state index in [2.05, 4.69) is 36.1 Å². The number of aliphatic hydroxyl groups is 1. The van der Waals surface area contributed by atoms with Crippen LogP contribution in [-0.2, 0) is 12.7 Å². The predicted octanol–water partition coefficient (Wildman–Crippen LogP) is 4.02. The highest BCUT2D eigenvalue weighted by molar-refractivity contribution is 7.11. The van der Waals surface area contributed by atoms with Gasteiger partial charge in [-0.25, -0.2) is 15.0 Å². The van der Waals surface area contributed by atoms with E-state index in [0.717, 1.165) is 17.4 Å². The molecule has 0 spiro atoms. The van der Waals surface area contributed by atoms with Crippen molar-refractivity contribution < 1.29 is 27.6 Å². The van der Waals surface area contributed by atoms with Gasteiger partial charge in [0.1, 0.15) is 29.1 Å². The van der Waals surface area contributed by atoms with Crippen LogP contribution in [0, 0.1) is 6.92 Å². The first-order valence-electron chi connectivity index (χ1n) is 10.0. The van der Waals surface area contributed by atoms with E-state index in [0.29, 0.717) is 21.5 Å². The summed E-state index contributed by atoms with van der Waals surface area (Å²) in [6.45, 7) is 1.41. The van der Waals surface area contributed by atoms with Crippen molar-refractivity contribution in [3.05, 3.63) is 75.8 Å². The molecular formula is C21H18F3N7O3S. The number of nitrogens with zero attached hydrogens (tertiary/aromatic N) is 4. The molecule has 0 radical (unpaired) electrons. The molecule has 182 valence electrons. The summed E-state index contributed by atoms with van der Waals surface area (Å²) >= 11 is 1.09. The average Bonchev–Trinajstić information content (AvgIpc) is 3.50. The number of thiazole rings is 1. The van der Waals surface area contributed by atoms with Crippen LogP contribution in [0.3, 0.4) is 0 Å². The van der Waals surface area contributed by atoms with Crippen molar-refractivity contribution in [3.63, 3.8) is 0 Å². The second kappa shape index (κ2) is 10.1. The van der Waals surface area contributed by atoms with Gasteiger partial charge in [0.2, 0.25) is 0 Å². The number of aromatic nitrogens is 4. The van der Waals surface area contributed by atoms with Crippen LogP contribution in [0.25, 0.3) is 0 Å². The molecule has 0 aliphatic heterocycles. The van der Waals surface area contributed by atoms with Gasteiger partial charge in [-0.15, -0.1) is 11.3 Å². The molecule has 35 heavy (non-hydrogen) atoms. The number of nitrogens with one attached hydrogen (secondary N) is 3. The molecule has 0 fully saturated rings. The predicted molar refractivity (Wildman–Crippen MR) is 120 cm³/mol. The molecule has 0 saturated heterocycles. The SMILES string of the molecule is Cc1ccc(NC(O)c2cnc(CNC(=O)c3cc(Nc4ccon4)ncn3)s2)cc1C(F)(F)F. The minimum Gasteiger partial charge on any atom is -0.369 e. The summed E-state index contributed by atoms with van der Waals surface area (Å²) < 4.78 is 44.1. The van der Waals surface area contributed by atoms with E-state index >= 15 is 0 Å². The Morgan fingerprint density at radius 3 is 2.74 bits per heavy atom. The van der Waals surface area contributed by atoms with Gasteiger partial charge in [-0.05, 0) is 24.6 Å². The van der Waals surface area contributed by atoms with E-state index in [1.54, 1.807) is 6.07 Å². The quantitative estimate of drug-likeness (QED) is 0.262. The second-order valence-corrected chi connectivity index (χ2v) is 8.36. The van der Waals surface area contributed by atoms with Crippen LogP contribution in [-0.4, -0.2) is 31.1 Å². The third-order valence-corrected chi connectivity index (χ3v) is 5.73. The monoisotopic (exact) mass is 505 g/mol. The third kappa shape index (κ3) is 6.10. The standard InChI is InChI=1S/C21H18F3N7O3S/c1-11-2-3-12(6-13(11)21(22,23)24)29-20(33)15-8-25-18(35-15)9-26-19(32)14-7-17(28-10-27-14)30-16-4-5-34-31-16/h2-8,10,20,29,33H,9H2,1H3,(H,26,32)(H,27,28,30,31). The summed E-state index contributed by atoms with van der Waals surface area (Å²) in [6.07, 6.45) is -1.80. The number of anilines is 3. The summed E-state index contributed by atoms with van der Waals surface area (Å²) in [5, 5.41) is 22.7. The van der Waals surface area contributed by atoms with Crippen molar-refractivity contribution in [2.75, 3.05) is 10.6 Å². The van der Waals surface area contributed by atoms with Crippen LogP contribution in [0.5, 0.6) is 0 Å². The van der Waals surface area contributed by atoms with E-state index < -0.39 is 23.9 Å². The van der Waals surface area contributed by atoms with Gasteiger partial charge in [-0.2, -0.15) is 13.2 Å². The second-order valence-electron chi connectivity index (χ2n) is 7.21. The first-order valence-corrected chi connectivity index (χ1v) is 10.9. The zero-order valence-corrected chi connectivity index (χ0v) is 18.8. The number of hydrogen-bond donors (Lipinski definition) is 4. The lowest BCUT2D eigenvalue weighted by Gasteiger charge is -2.16. The highest BCUT2D eigenvalue weighted by Gasteiger charge is 2.32. The maximum Gasteiger partial charge on any atom is 0.416 e. The van der Waals surface area contributed by atoms with Crippen molar-refractivity contribution in [2.45, 2.75) is 25.9 Å². The van der Waals surface area contributed by atoms with Crippen LogP contribution in [0.2, 0.25) is 0 Å². The van der Waals surface area contributed by atoms with Gasteiger partial charge in [0, 0.05) is 24.0 Å². The summed E-state index contributed by atoms with van der Waals surface area (Å²) in [4.78, 5) is 24.9. The number of rotatable bonds is 8. The van der Waals surface area contributed by atoms with Crippen LogP contribution < -0.4 is 16.0 Å². The largest absolute Gasteiger partial charge is 0.416 e. The maximum absolute atomic E-state index is 13.1. The Balaban J connectivity index is 1.35. The lowest BCUT2D eigenvalue weighted by molar-refractivity contribution is -0.138. The minimum atomic E-state index is -4.50. The molecular weight excluding hydrogens is 487 g/mol. The number of halogens is 3. The number of aliphatic hydroxyl groups excluding tert-OH is 1. The third-order valence-electron chi connectivity index (χ3n) is 4.68. The molecule has 10 nitrogen and oxygen atoms in total. The molecule has 0 saturated carbocycles. The van der Waals surface area contributed by atoms with Gasteiger partial charge in [-0.3, -0.25) is 4.79 Å². The van der Waals surface area contributed by atoms with E-state index in [1.165, 1.54) is 43.9 Å². The first-order chi connectivity index (χ1) is 16.7. The Morgan fingerprint density at radius 2 is 2.00 bits per heavy atom. The molecule has 1 atom stereocenters. The zero-order valence-electron chi connectivity index (χ0n) is 18.0. The molecule has 1 aromatic carbocycles. The highest BCUT2D eigenvalue weighted by Crippen LogP contribution is 2.34. The van der Waals surface area contributed by atoms with Gasteiger partial charge >= 0.3 is 6.18 Å². The molecule has 4 N–H and O–H groups in total. The van der Waals surface area contributed by atoms with Crippen molar-refractivity contribution in [1.82, 2.24) is 25.4 Å². The summed E-state index contributed by atoms with van der Waals surface area (Å²) in [5.41, 5.74) is -0.494. The Bertz CT molecular complexity index is 1310. The minimum absolute atomic E-state index is 0.0506. The molecule has 1 amide bonds. The van der Waals surface area contributed by atoms with Gasteiger partial charge in [-0.1, -0.05) is 11.2 Å². The molecule has 4 rings (SSSR count). The fourth-order valence-corrected chi connectivity index (χ4v) is 3.78. The topological polar surface area (TPSA) is 138 Å². The molecule has 1 unspecified atom stereocenters. The van der Waals surface area contributed by atoms with Crippen molar-refractivity contribution >= 4 is 34.6 Å². The van der Waals surface area contributed by atoms with Gasteiger partial charge < -0.3 is 25.6 Å². The fraction of sp³-hybridized carbons (Fsp3) is 0.190. The molecule has 0 aliphatic rings. The molecule has 14 heteroatoms. The van der Waals surface area contributed by atoms with E-state index in [-0.39, 0.29) is 23.5 Å². The number of aryl methyl sites for hydroxylation is 1. The van der Waals surface area contributed by atoms with Crippen molar-refractivity contribution in [1.29, 1.82) is 0 Å². The van der Waals surface area contributed by atoms with Crippen molar-refractivity contribution in [2.24, 2.45) is 0 Å². The van der Waals surface area contributed by atoms with E-state index in [1.807, 2.05) is 0 Å². The lowest BCUT2D eigenvalue weighted by Crippen LogP contribution is -2.24. The summed E-state index contributed by atoms with van der Waals surface area (Å²) in [7, 11) is 0. The number of carbonyl (C=O) groups excluding carboxylic acids is 1. The van der Waals surface area contributed by atoms with Crippen molar-refractivity contribution in [3.8, 4) is 0 Å². The smallest absolute Gasteiger partial charge is 0.369 e. The molecule has 3 aromatic heterocycles. The summed E-state index contributed by atoms with van der Waals surface area (Å²) in [5.74, 6) is 0.276. The van der Waals surface area contributed by atoms with Crippen LogP contribution in [0.4, 0.5) is 30.5 Å². The number of amides is 1. The van der Waals surface area contributed by atoms with E-state index in [9.17, 15) is 23.1 Å². The highest BCUT2D eigenvalue weighted by atomic mass is 32.1. The number of alkyl halides is 3. The van der Waals surface area contributed by atoms with Gasteiger partial charge in [0.25, 0.3) is 5.91 Å². The number of carbonyl (C=O) groups is 1. The van der Waals surface area contributed by atoms with Gasteiger partial charge in [0.05, 0.1) is 17.0 Å². The first kappa shape index (κ1) is 24.1. The number of benzene rings is 1. The van der Waals surface area contributed by atoms with Crippen LogP contribution in [0.15, 0.2) is 53.6 Å². The Morgan fingerprint density at radius 1 is 1.17 bits per heavy atom. The molecule has 0 aliphatic carbocycles. The van der Waals surface area contributed by atoms with Crippen LogP contribution in [0.1, 0.15) is 37.7 Å². The normalized spacial score (nSPS) is 12.3. The fourth-order valence-electron chi connectivity index (χ4n) is 2.98. The van der Waals surface area contributed by atoms with Crippen LogP contribution >= 0.6 is 11.3 Å². The molecule has 4 aromatic rings. The lowest BCUT2D eigenvalue weighted by atomic mass is 10.1. The number of hydrogen-bond acceptors (Lipinski definition) is 10. The Kier molecular flexibility index (Phi) is 6.93. The Labute approximate surface area is 200 Å².